The lowest BCUT2D eigenvalue weighted by Crippen LogP contribution is -2.39. The molecule has 0 atom stereocenters. The lowest BCUT2D eigenvalue weighted by Gasteiger charge is -2.22. The average Bonchev–Trinajstić information content (AvgIpc) is 2.64. The van der Waals surface area contributed by atoms with Crippen LogP contribution >= 0.6 is 23.2 Å². The van der Waals surface area contributed by atoms with Gasteiger partial charge in [-0.1, -0.05) is 23.2 Å². The number of nitrogens with zero attached hydrogens (tertiary/aromatic N) is 2. The molecule has 0 aliphatic rings. The maximum Gasteiger partial charge on any atom is 0.260 e. The van der Waals surface area contributed by atoms with Gasteiger partial charge in [0.25, 0.3) is 5.91 Å². The number of benzene rings is 2. The third-order valence-electron chi connectivity index (χ3n) is 3.55. The van der Waals surface area contributed by atoms with Gasteiger partial charge in [0.1, 0.15) is 6.54 Å². The average molecular weight is 460 g/mol. The second-order valence-corrected chi connectivity index (χ2v) is 8.57. The quantitative estimate of drug-likeness (QED) is 0.465. The monoisotopic (exact) mass is 459 g/mol. The Kier molecular flexibility index (Phi) is 7.72. The molecule has 1 amide bonds. The van der Waals surface area contributed by atoms with Crippen LogP contribution in [0.3, 0.4) is 0 Å². The molecule has 29 heavy (non-hydrogen) atoms. The maximum absolute atomic E-state index is 12.2. The predicted molar refractivity (Wildman–Crippen MR) is 114 cm³/mol. The summed E-state index contributed by atoms with van der Waals surface area (Å²) in [4.78, 5) is 12.2. The number of amides is 1. The molecule has 2 N–H and O–H groups in total. The van der Waals surface area contributed by atoms with Crippen LogP contribution in [0.2, 0.25) is 10.0 Å². The van der Waals surface area contributed by atoms with Gasteiger partial charge in [0, 0.05) is 5.02 Å². The third kappa shape index (κ3) is 6.52. The fourth-order valence-electron chi connectivity index (χ4n) is 2.28. The van der Waals surface area contributed by atoms with Gasteiger partial charge >= 0.3 is 0 Å². The van der Waals surface area contributed by atoms with E-state index in [1.165, 1.54) is 30.5 Å². The normalized spacial score (nSPS) is 11.4. The van der Waals surface area contributed by atoms with Gasteiger partial charge in [-0.2, -0.15) is 5.10 Å². The zero-order valence-electron chi connectivity index (χ0n) is 15.6. The summed E-state index contributed by atoms with van der Waals surface area (Å²) in [5.74, 6) is -0.427. The summed E-state index contributed by atoms with van der Waals surface area (Å²) in [7, 11) is -3.81. The molecule has 0 fully saturated rings. The molecule has 0 aromatic heterocycles. The Bertz CT molecular complexity index is 1030. The number of sulfonamides is 1. The van der Waals surface area contributed by atoms with Gasteiger partial charge in [0.2, 0.25) is 10.0 Å². The molecule has 0 aliphatic carbocycles. The molecule has 0 saturated heterocycles. The number of ether oxygens (including phenoxy) is 1. The number of aromatic hydroxyl groups is 1. The van der Waals surface area contributed by atoms with E-state index < -0.39 is 22.5 Å². The second kappa shape index (κ2) is 9.82. The number of phenols is 1. The van der Waals surface area contributed by atoms with E-state index in [1.807, 2.05) is 0 Å². The number of anilines is 1. The van der Waals surface area contributed by atoms with Crippen LogP contribution in [0.15, 0.2) is 41.5 Å². The fraction of sp³-hybridized carbons (Fsp3) is 0.222. The van der Waals surface area contributed by atoms with Crippen molar-refractivity contribution < 1.29 is 23.1 Å². The Hall–Kier alpha value is -2.49. The first-order valence-corrected chi connectivity index (χ1v) is 10.9. The molecular formula is C18H19Cl2N3O5S. The van der Waals surface area contributed by atoms with Crippen LogP contribution in [0, 0.1) is 0 Å². The van der Waals surface area contributed by atoms with E-state index in [1.54, 1.807) is 19.1 Å². The van der Waals surface area contributed by atoms with E-state index in [-0.39, 0.29) is 27.2 Å². The summed E-state index contributed by atoms with van der Waals surface area (Å²) < 4.78 is 30.4. The van der Waals surface area contributed by atoms with E-state index in [0.29, 0.717) is 12.2 Å². The number of nitrogens with one attached hydrogen (secondary N) is 1. The van der Waals surface area contributed by atoms with Crippen molar-refractivity contribution in [3.05, 3.63) is 52.0 Å². The minimum Gasteiger partial charge on any atom is -0.504 e. The highest BCUT2D eigenvalue weighted by atomic mass is 35.5. The standard InChI is InChI=1S/C18H19Cl2N3O5S/c1-3-28-17-8-12(4-7-16(17)24)10-21-22-18(25)11-23(29(2,26)27)15-9-13(19)5-6-14(15)20/h4-10,24H,3,11H2,1-2H3,(H,22,25)/b21-10-. The van der Waals surface area contributed by atoms with E-state index in [9.17, 15) is 18.3 Å². The summed E-state index contributed by atoms with van der Waals surface area (Å²) in [5, 5.41) is 13.9. The molecule has 8 nitrogen and oxygen atoms in total. The van der Waals surface area contributed by atoms with Crippen molar-refractivity contribution in [1.82, 2.24) is 5.43 Å². The molecule has 2 aromatic rings. The topological polar surface area (TPSA) is 108 Å². The zero-order valence-corrected chi connectivity index (χ0v) is 17.9. The molecular weight excluding hydrogens is 441 g/mol. The van der Waals surface area contributed by atoms with Crippen LogP contribution in [0.5, 0.6) is 11.5 Å². The van der Waals surface area contributed by atoms with Gasteiger partial charge < -0.3 is 9.84 Å². The summed E-state index contributed by atoms with van der Waals surface area (Å²) >= 11 is 12.0. The van der Waals surface area contributed by atoms with Crippen molar-refractivity contribution in [3.63, 3.8) is 0 Å². The van der Waals surface area contributed by atoms with Gasteiger partial charge in [-0.05, 0) is 48.9 Å². The number of carbonyl (C=O) groups excluding carboxylic acids is 1. The number of hydrogen-bond acceptors (Lipinski definition) is 6. The summed E-state index contributed by atoms with van der Waals surface area (Å²) in [6.45, 7) is 1.61. The highest BCUT2D eigenvalue weighted by Gasteiger charge is 2.23. The van der Waals surface area contributed by atoms with E-state index in [0.717, 1.165) is 10.6 Å². The Morgan fingerprint density at radius 1 is 1.28 bits per heavy atom. The minimum absolute atomic E-state index is 0.0183. The lowest BCUT2D eigenvalue weighted by atomic mass is 10.2. The summed E-state index contributed by atoms with van der Waals surface area (Å²) in [5.41, 5.74) is 2.89. The number of carbonyl (C=O) groups is 1. The molecule has 0 saturated carbocycles. The van der Waals surface area contributed by atoms with Gasteiger partial charge in [0.05, 0.1) is 29.8 Å². The number of hydrazone groups is 1. The summed E-state index contributed by atoms with van der Waals surface area (Å²) in [6.07, 6.45) is 2.28. The van der Waals surface area contributed by atoms with Crippen LogP contribution < -0.4 is 14.5 Å². The number of phenolic OH excluding ortho intramolecular Hbond substituents is 1. The molecule has 0 bridgehead atoms. The van der Waals surface area contributed by atoms with Gasteiger partial charge in [-0.3, -0.25) is 9.10 Å². The van der Waals surface area contributed by atoms with Crippen LogP contribution in [0.4, 0.5) is 5.69 Å². The molecule has 0 radical (unpaired) electrons. The van der Waals surface area contributed by atoms with E-state index in [2.05, 4.69) is 10.5 Å². The van der Waals surface area contributed by atoms with Crippen LogP contribution in [0.25, 0.3) is 0 Å². The smallest absolute Gasteiger partial charge is 0.260 e. The third-order valence-corrected chi connectivity index (χ3v) is 5.23. The summed E-state index contributed by atoms with van der Waals surface area (Å²) in [6, 6.07) is 8.85. The molecule has 0 spiro atoms. The van der Waals surface area contributed by atoms with Gasteiger partial charge in [-0.25, -0.2) is 13.8 Å². The Morgan fingerprint density at radius 3 is 2.66 bits per heavy atom. The SMILES string of the molecule is CCOc1cc(/C=N\NC(=O)CN(c2cc(Cl)ccc2Cl)S(C)(=O)=O)ccc1O. The molecule has 2 rings (SSSR count). The van der Waals surface area contributed by atoms with Gasteiger partial charge in [-0.15, -0.1) is 0 Å². The van der Waals surface area contributed by atoms with Crippen LogP contribution in [-0.2, 0) is 14.8 Å². The van der Waals surface area contributed by atoms with Crippen molar-refractivity contribution in [2.75, 3.05) is 23.7 Å². The zero-order chi connectivity index (χ0) is 21.6. The molecule has 0 unspecified atom stereocenters. The first kappa shape index (κ1) is 22.8. The van der Waals surface area contributed by atoms with E-state index in [4.69, 9.17) is 27.9 Å². The Morgan fingerprint density at radius 2 is 2.00 bits per heavy atom. The van der Waals surface area contributed by atoms with Crippen molar-refractivity contribution in [1.29, 1.82) is 0 Å². The molecule has 0 aliphatic heterocycles. The molecule has 0 heterocycles. The minimum atomic E-state index is -3.81. The fourth-order valence-corrected chi connectivity index (χ4v) is 3.58. The Labute approximate surface area is 178 Å². The second-order valence-electron chi connectivity index (χ2n) is 5.82. The van der Waals surface area contributed by atoms with Crippen molar-refractivity contribution >= 4 is 51.0 Å². The van der Waals surface area contributed by atoms with E-state index >= 15 is 0 Å². The first-order valence-electron chi connectivity index (χ1n) is 8.32. The van der Waals surface area contributed by atoms with Crippen LogP contribution in [0.1, 0.15) is 12.5 Å². The molecule has 2 aromatic carbocycles. The van der Waals surface area contributed by atoms with Crippen molar-refractivity contribution in [2.45, 2.75) is 6.92 Å². The number of rotatable bonds is 8. The Balaban J connectivity index is 2.12. The van der Waals surface area contributed by atoms with Crippen molar-refractivity contribution in [3.8, 4) is 11.5 Å². The lowest BCUT2D eigenvalue weighted by molar-refractivity contribution is -0.119. The highest BCUT2D eigenvalue weighted by Crippen LogP contribution is 2.30. The number of hydrogen-bond donors (Lipinski definition) is 2. The molecule has 156 valence electrons. The van der Waals surface area contributed by atoms with Crippen LogP contribution in [-0.4, -0.2) is 45.1 Å². The largest absolute Gasteiger partial charge is 0.504 e. The number of halogens is 2. The van der Waals surface area contributed by atoms with Crippen molar-refractivity contribution in [2.24, 2.45) is 5.10 Å². The first-order chi connectivity index (χ1) is 13.6. The maximum atomic E-state index is 12.2. The highest BCUT2D eigenvalue weighted by molar-refractivity contribution is 7.92. The predicted octanol–water partition coefficient (Wildman–Crippen LogP) is 3.01. The molecule has 11 heteroatoms. The van der Waals surface area contributed by atoms with Gasteiger partial charge in [0.15, 0.2) is 11.5 Å².